The third-order valence-electron chi connectivity index (χ3n) is 4.16. The minimum absolute atomic E-state index is 0.247. The van der Waals surface area contributed by atoms with Gasteiger partial charge in [0.2, 0.25) is 0 Å². The molecule has 136 valence electrons. The zero-order valence-corrected chi connectivity index (χ0v) is 14.3. The number of benzene rings is 3. The quantitative estimate of drug-likeness (QED) is 0.518. The van der Waals surface area contributed by atoms with Crippen molar-refractivity contribution in [3.8, 4) is 6.07 Å². The maximum absolute atomic E-state index is 12.5. The van der Waals surface area contributed by atoms with Crippen LogP contribution in [0.3, 0.4) is 0 Å². The Kier molecular flexibility index (Phi) is 5.46. The SMILES string of the molecule is N#Cc1cc2ccccc2cc1CO/C=C/Cc1ccc(C(F)(F)F)cc1. The van der Waals surface area contributed by atoms with E-state index in [1.54, 1.807) is 6.08 Å². The normalized spacial score (nSPS) is 11.6. The predicted molar refractivity (Wildman–Crippen MR) is 97.7 cm³/mol. The van der Waals surface area contributed by atoms with Crippen LogP contribution >= 0.6 is 0 Å². The lowest BCUT2D eigenvalue weighted by Gasteiger charge is -2.07. The number of hydrogen-bond donors (Lipinski definition) is 0. The van der Waals surface area contributed by atoms with E-state index < -0.39 is 11.7 Å². The van der Waals surface area contributed by atoms with Crippen LogP contribution in [0.15, 0.2) is 73.0 Å². The summed E-state index contributed by atoms with van der Waals surface area (Å²) >= 11 is 0. The molecule has 0 bridgehead atoms. The van der Waals surface area contributed by atoms with Gasteiger partial charge in [-0.15, -0.1) is 0 Å². The van der Waals surface area contributed by atoms with Crippen molar-refractivity contribution in [3.05, 3.63) is 95.3 Å². The molecule has 0 aliphatic heterocycles. The van der Waals surface area contributed by atoms with Crippen molar-refractivity contribution >= 4 is 10.8 Å². The fourth-order valence-corrected chi connectivity index (χ4v) is 2.73. The maximum Gasteiger partial charge on any atom is 0.416 e. The number of nitrogens with zero attached hydrogens (tertiary/aromatic N) is 1. The van der Waals surface area contributed by atoms with Crippen molar-refractivity contribution in [2.45, 2.75) is 19.2 Å². The van der Waals surface area contributed by atoms with Gasteiger partial charge in [-0.2, -0.15) is 18.4 Å². The first-order chi connectivity index (χ1) is 13.0. The molecule has 0 unspecified atom stereocenters. The monoisotopic (exact) mass is 367 g/mol. The van der Waals surface area contributed by atoms with E-state index >= 15 is 0 Å². The molecule has 27 heavy (non-hydrogen) atoms. The number of rotatable bonds is 5. The number of fused-ring (bicyclic) bond motifs is 1. The molecule has 3 rings (SSSR count). The number of ether oxygens (including phenoxy) is 1. The topological polar surface area (TPSA) is 33.0 Å². The van der Waals surface area contributed by atoms with E-state index in [0.717, 1.165) is 34.0 Å². The minimum Gasteiger partial charge on any atom is -0.497 e. The molecular weight excluding hydrogens is 351 g/mol. The Balaban J connectivity index is 1.60. The van der Waals surface area contributed by atoms with E-state index in [1.165, 1.54) is 18.4 Å². The Labute approximate surface area is 155 Å². The highest BCUT2D eigenvalue weighted by Crippen LogP contribution is 2.29. The molecule has 0 fully saturated rings. The molecule has 0 aliphatic carbocycles. The summed E-state index contributed by atoms with van der Waals surface area (Å²) in [5, 5.41) is 11.3. The van der Waals surface area contributed by atoms with Gasteiger partial charge in [0.1, 0.15) is 6.61 Å². The van der Waals surface area contributed by atoms with Gasteiger partial charge in [0.05, 0.1) is 23.5 Å². The molecule has 0 spiro atoms. The van der Waals surface area contributed by atoms with E-state index in [-0.39, 0.29) is 6.61 Å². The van der Waals surface area contributed by atoms with Crippen LogP contribution in [0.1, 0.15) is 22.3 Å². The zero-order chi connectivity index (χ0) is 19.3. The van der Waals surface area contributed by atoms with Crippen LogP contribution < -0.4 is 0 Å². The van der Waals surface area contributed by atoms with E-state index in [9.17, 15) is 18.4 Å². The van der Waals surface area contributed by atoms with Gasteiger partial charge < -0.3 is 4.74 Å². The first kappa shape index (κ1) is 18.5. The molecule has 3 aromatic rings. The van der Waals surface area contributed by atoms with Crippen molar-refractivity contribution in [3.63, 3.8) is 0 Å². The molecule has 3 aromatic carbocycles. The smallest absolute Gasteiger partial charge is 0.416 e. The Morgan fingerprint density at radius 1 is 0.963 bits per heavy atom. The van der Waals surface area contributed by atoms with Crippen LogP contribution in [0.25, 0.3) is 10.8 Å². The third-order valence-corrected chi connectivity index (χ3v) is 4.16. The van der Waals surface area contributed by atoms with Crippen LogP contribution in [0.2, 0.25) is 0 Å². The van der Waals surface area contributed by atoms with Crippen LogP contribution in [0, 0.1) is 11.3 Å². The van der Waals surface area contributed by atoms with Gasteiger partial charge in [0.25, 0.3) is 0 Å². The van der Waals surface area contributed by atoms with Crippen molar-refractivity contribution in [2.75, 3.05) is 0 Å². The largest absolute Gasteiger partial charge is 0.497 e. The number of halogens is 3. The van der Waals surface area contributed by atoms with Crippen LogP contribution in [0.4, 0.5) is 13.2 Å². The summed E-state index contributed by atoms with van der Waals surface area (Å²) in [6.45, 7) is 0.247. The average molecular weight is 367 g/mol. The molecule has 0 saturated carbocycles. The van der Waals surface area contributed by atoms with Gasteiger partial charge in [-0.3, -0.25) is 0 Å². The molecule has 0 saturated heterocycles. The number of allylic oxidation sites excluding steroid dienone is 1. The highest BCUT2D eigenvalue weighted by molar-refractivity contribution is 5.84. The summed E-state index contributed by atoms with van der Waals surface area (Å²) in [5.74, 6) is 0. The molecule has 5 heteroatoms. The summed E-state index contributed by atoms with van der Waals surface area (Å²) in [6.07, 6.45) is -0.625. The van der Waals surface area contributed by atoms with Gasteiger partial charge >= 0.3 is 6.18 Å². The van der Waals surface area contributed by atoms with Crippen molar-refractivity contribution in [1.29, 1.82) is 5.26 Å². The van der Waals surface area contributed by atoms with Gasteiger partial charge in [-0.1, -0.05) is 36.4 Å². The first-order valence-electron chi connectivity index (χ1n) is 8.32. The molecule has 2 nitrogen and oxygen atoms in total. The second-order valence-electron chi connectivity index (χ2n) is 6.05. The molecule has 0 heterocycles. The zero-order valence-electron chi connectivity index (χ0n) is 14.3. The fraction of sp³-hybridized carbons (Fsp3) is 0.136. The lowest BCUT2D eigenvalue weighted by Crippen LogP contribution is -2.04. The lowest BCUT2D eigenvalue weighted by molar-refractivity contribution is -0.137. The Morgan fingerprint density at radius 3 is 2.26 bits per heavy atom. The van der Waals surface area contributed by atoms with E-state index in [0.29, 0.717) is 12.0 Å². The first-order valence-corrected chi connectivity index (χ1v) is 8.32. The van der Waals surface area contributed by atoms with Crippen molar-refractivity contribution < 1.29 is 17.9 Å². The molecule has 0 atom stereocenters. The predicted octanol–water partition coefficient (Wildman–Crippen LogP) is 6.00. The standard InChI is InChI=1S/C22H16F3NO/c23-22(24,25)21-9-7-16(8-10-21)4-3-11-27-15-20-13-18-6-2-1-5-17(18)12-19(20)14-26/h1-3,5-13H,4,15H2/b11-3+. The molecule has 0 aliphatic rings. The van der Waals surface area contributed by atoms with Crippen molar-refractivity contribution in [1.82, 2.24) is 0 Å². The summed E-state index contributed by atoms with van der Waals surface area (Å²) in [6, 6.07) is 18.7. The summed E-state index contributed by atoms with van der Waals surface area (Å²) < 4.78 is 43.1. The Bertz CT molecular complexity index is 999. The highest BCUT2D eigenvalue weighted by atomic mass is 19.4. The van der Waals surface area contributed by atoms with E-state index in [1.807, 2.05) is 36.4 Å². The molecule has 0 N–H and O–H groups in total. The molecule has 0 radical (unpaired) electrons. The van der Waals surface area contributed by atoms with Gasteiger partial charge in [-0.25, -0.2) is 0 Å². The van der Waals surface area contributed by atoms with Gasteiger partial charge in [0, 0.05) is 5.56 Å². The number of hydrogen-bond acceptors (Lipinski definition) is 2. The second kappa shape index (κ2) is 7.96. The fourth-order valence-electron chi connectivity index (χ4n) is 2.73. The average Bonchev–Trinajstić information content (AvgIpc) is 2.66. The third kappa shape index (κ3) is 4.68. The maximum atomic E-state index is 12.5. The highest BCUT2D eigenvalue weighted by Gasteiger charge is 2.29. The molecule has 0 aromatic heterocycles. The summed E-state index contributed by atoms with van der Waals surface area (Å²) in [7, 11) is 0. The van der Waals surface area contributed by atoms with Crippen LogP contribution in [0.5, 0.6) is 0 Å². The van der Waals surface area contributed by atoms with Crippen LogP contribution in [-0.2, 0) is 23.9 Å². The van der Waals surface area contributed by atoms with Crippen LogP contribution in [-0.4, -0.2) is 0 Å². The van der Waals surface area contributed by atoms with E-state index in [4.69, 9.17) is 4.74 Å². The number of nitriles is 1. The van der Waals surface area contributed by atoms with Gasteiger partial charge in [0.15, 0.2) is 0 Å². The summed E-state index contributed by atoms with van der Waals surface area (Å²) in [5.41, 5.74) is 1.44. The Morgan fingerprint density at radius 2 is 1.63 bits per heavy atom. The van der Waals surface area contributed by atoms with E-state index in [2.05, 4.69) is 6.07 Å². The lowest BCUT2D eigenvalue weighted by atomic mass is 10.0. The van der Waals surface area contributed by atoms with Gasteiger partial charge in [-0.05, 0) is 53.1 Å². The second-order valence-corrected chi connectivity index (χ2v) is 6.05. The summed E-state index contributed by atoms with van der Waals surface area (Å²) in [4.78, 5) is 0. The molecular formula is C22H16F3NO. The molecule has 0 amide bonds. The minimum atomic E-state index is -4.32. The van der Waals surface area contributed by atoms with Crippen molar-refractivity contribution in [2.24, 2.45) is 0 Å². The Hall–Kier alpha value is -3.26. The number of alkyl halides is 3.